The number of para-hydroxylation sites is 1. The van der Waals surface area contributed by atoms with Crippen molar-refractivity contribution in [3.05, 3.63) is 63.6 Å². The van der Waals surface area contributed by atoms with E-state index in [2.05, 4.69) is 29.2 Å². The minimum absolute atomic E-state index is 0.145. The van der Waals surface area contributed by atoms with E-state index in [1.807, 2.05) is 18.2 Å². The predicted molar refractivity (Wildman–Crippen MR) is 85.6 cm³/mol. The van der Waals surface area contributed by atoms with Crippen molar-refractivity contribution < 1.29 is 0 Å². The second kappa shape index (κ2) is 5.65. The molecule has 2 N–H and O–H groups in total. The normalized spacial score (nSPS) is 17.9. The molecule has 4 heteroatoms. The van der Waals surface area contributed by atoms with Crippen LogP contribution >= 0.6 is 23.2 Å². The number of nitrogens with two attached hydrogens (primary N) is 1. The fraction of sp³-hybridized carbons (Fsp3) is 0.250. The van der Waals surface area contributed by atoms with Crippen LogP contribution in [0.3, 0.4) is 0 Å². The first-order chi connectivity index (χ1) is 9.65. The summed E-state index contributed by atoms with van der Waals surface area (Å²) in [5, 5.41) is 1.41. The summed E-state index contributed by atoms with van der Waals surface area (Å²) in [6.07, 6.45) is 0.920. The molecule has 104 valence electrons. The second-order valence-corrected chi connectivity index (χ2v) is 5.99. The molecular formula is C16H16Cl2N2. The van der Waals surface area contributed by atoms with Crippen LogP contribution in [0, 0.1) is 0 Å². The highest BCUT2D eigenvalue weighted by atomic mass is 35.5. The molecule has 0 radical (unpaired) electrons. The number of halogens is 2. The number of rotatable bonds is 2. The van der Waals surface area contributed by atoms with E-state index in [4.69, 9.17) is 28.9 Å². The van der Waals surface area contributed by atoms with Crippen molar-refractivity contribution in [3.63, 3.8) is 0 Å². The molecule has 1 unspecified atom stereocenters. The Labute approximate surface area is 129 Å². The Bertz CT molecular complexity index is 607. The molecule has 0 fully saturated rings. The summed E-state index contributed by atoms with van der Waals surface area (Å²) < 4.78 is 0. The summed E-state index contributed by atoms with van der Waals surface area (Å²) >= 11 is 12.5. The number of hydrogen-bond acceptors (Lipinski definition) is 2. The quantitative estimate of drug-likeness (QED) is 0.912. The van der Waals surface area contributed by atoms with Crippen LogP contribution in [0.2, 0.25) is 10.0 Å². The second-order valence-electron chi connectivity index (χ2n) is 5.17. The van der Waals surface area contributed by atoms with E-state index in [1.165, 1.54) is 11.3 Å². The van der Waals surface area contributed by atoms with Crippen molar-refractivity contribution in [1.82, 2.24) is 0 Å². The summed E-state index contributed by atoms with van der Waals surface area (Å²) in [6.45, 7) is 1.50. The maximum absolute atomic E-state index is 6.27. The van der Waals surface area contributed by atoms with Crippen LogP contribution < -0.4 is 10.6 Å². The molecule has 2 aromatic rings. The van der Waals surface area contributed by atoms with E-state index in [9.17, 15) is 0 Å². The first-order valence-corrected chi connectivity index (χ1v) is 7.42. The van der Waals surface area contributed by atoms with Gasteiger partial charge in [-0.15, -0.1) is 0 Å². The number of fused-ring (bicyclic) bond motifs is 1. The molecule has 20 heavy (non-hydrogen) atoms. The lowest BCUT2D eigenvalue weighted by atomic mass is 9.98. The summed E-state index contributed by atoms with van der Waals surface area (Å²) in [5.41, 5.74) is 9.63. The molecule has 0 saturated heterocycles. The first kappa shape index (κ1) is 13.7. The Balaban J connectivity index is 1.95. The van der Waals surface area contributed by atoms with E-state index < -0.39 is 0 Å². The van der Waals surface area contributed by atoms with Crippen LogP contribution in [0.5, 0.6) is 0 Å². The van der Waals surface area contributed by atoms with Gasteiger partial charge < -0.3 is 10.6 Å². The molecule has 0 aromatic heterocycles. The molecule has 0 saturated carbocycles. The number of benzene rings is 2. The molecule has 0 aliphatic carbocycles. The SMILES string of the molecule is NC1Cc2ccccc2N(Cc2c(Cl)cccc2Cl)C1. The van der Waals surface area contributed by atoms with Gasteiger partial charge in [-0.2, -0.15) is 0 Å². The third-order valence-electron chi connectivity index (χ3n) is 3.68. The van der Waals surface area contributed by atoms with Crippen molar-refractivity contribution in [2.45, 2.75) is 19.0 Å². The van der Waals surface area contributed by atoms with Crippen LogP contribution in [0.15, 0.2) is 42.5 Å². The third-order valence-corrected chi connectivity index (χ3v) is 4.39. The van der Waals surface area contributed by atoms with Crippen LogP contribution in [-0.4, -0.2) is 12.6 Å². The lowest BCUT2D eigenvalue weighted by molar-refractivity contribution is 0.599. The first-order valence-electron chi connectivity index (χ1n) is 6.66. The maximum Gasteiger partial charge on any atom is 0.0470 e. The highest BCUT2D eigenvalue weighted by Gasteiger charge is 2.22. The van der Waals surface area contributed by atoms with Crippen molar-refractivity contribution in [1.29, 1.82) is 0 Å². The van der Waals surface area contributed by atoms with E-state index in [0.29, 0.717) is 16.6 Å². The van der Waals surface area contributed by atoms with Crippen molar-refractivity contribution in [2.24, 2.45) is 5.73 Å². The molecule has 1 heterocycles. The van der Waals surface area contributed by atoms with Gasteiger partial charge in [0.05, 0.1) is 0 Å². The Morgan fingerprint density at radius 2 is 1.75 bits per heavy atom. The average molecular weight is 307 g/mol. The highest BCUT2D eigenvalue weighted by molar-refractivity contribution is 6.36. The van der Waals surface area contributed by atoms with Crippen LogP contribution in [0.1, 0.15) is 11.1 Å². The van der Waals surface area contributed by atoms with E-state index in [1.54, 1.807) is 0 Å². The lowest BCUT2D eigenvalue weighted by Crippen LogP contribution is -2.43. The van der Waals surface area contributed by atoms with Crippen molar-refractivity contribution in [3.8, 4) is 0 Å². The van der Waals surface area contributed by atoms with Gasteiger partial charge in [-0.05, 0) is 30.2 Å². The van der Waals surface area contributed by atoms with Gasteiger partial charge >= 0.3 is 0 Å². The Morgan fingerprint density at radius 1 is 1.05 bits per heavy atom. The molecule has 0 amide bonds. The van der Waals surface area contributed by atoms with Gasteiger partial charge in [-0.1, -0.05) is 47.5 Å². The van der Waals surface area contributed by atoms with Gasteiger partial charge in [0.2, 0.25) is 0 Å². The van der Waals surface area contributed by atoms with Gasteiger partial charge in [-0.3, -0.25) is 0 Å². The van der Waals surface area contributed by atoms with Crippen LogP contribution in [0.25, 0.3) is 0 Å². The molecule has 0 spiro atoms. The average Bonchev–Trinajstić information content (AvgIpc) is 2.42. The molecule has 3 rings (SSSR count). The molecule has 1 aliphatic rings. The van der Waals surface area contributed by atoms with Crippen molar-refractivity contribution >= 4 is 28.9 Å². The zero-order valence-electron chi connectivity index (χ0n) is 11.0. The maximum atomic E-state index is 6.27. The third kappa shape index (κ3) is 2.64. The number of hydrogen-bond donors (Lipinski definition) is 1. The fourth-order valence-corrected chi connectivity index (χ4v) is 3.26. The minimum Gasteiger partial charge on any atom is -0.365 e. The Kier molecular flexibility index (Phi) is 3.88. The molecule has 1 aliphatic heterocycles. The summed E-state index contributed by atoms with van der Waals surface area (Å²) in [7, 11) is 0. The van der Waals surface area contributed by atoms with Crippen molar-refractivity contribution in [2.75, 3.05) is 11.4 Å². The fourth-order valence-electron chi connectivity index (χ4n) is 2.74. The largest absolute Gasteiger partial charge is 0.365 e. The van der Waals surface area contributed by atoms with Gasteiger partial charge in [-0.25, -0.2) is 0 Å². The number of nitrogens with zero attached hydrogens (tertiary/aromatic N) is 1. The topological polar surface area (TPSA) is 29.3 Å². The molecule has 2 nitrogen and oxygen atoms in total. The van der Waals surface area contributed by atoms with Gasteiger partial charge in [0.25, 0.3) is 0 Å². The number of anilines is 1. The zero-order chi connectivity index (χ0) is 14.1. The lowest BCUT2D eigenvalue weighted by Gasteiger charge is -2.35. The van der Waals surface area contributed by atoms with E-state index in [0.717, 1.165) is 18.5 Å². The van der Waals surface area contributed by atoms with Crippen LogP contribution in [0.4, 0.5) is 5.69 Å². The Morgan fingerprint density at radius 3 is 2.50 bits per heavy atom. The summed E-state index contributed by atoms with van der Waals surface area (Å²) in [5.74, 6) is 0. The van der Waals surface area contributed by atoms with Gasteiger partial charge in [0.1, 0.15) is 0 Å². The molecular weight excluding hydrogens is 291 g/mol. The predicted octanol–water partition coefficient (Wildman–Crippen LogP) is 3.88. The standard InChI is InChI=1S/C16H16Cl2N2/c17-14-5-3-6-15(18)13(14)10-20-9-12(19)8-11-4-1-2-7-16(11)20/h1-7,12H,8-10,19H2. The highest BCUT2D eigenvalue weighted by Crippen LogP contribution is 2.31. The smallest absolute Gasteiger partial charge is 0.0470 e. The van der Waals surface area contributed by atoms with Gasteiger partial charge in [0, 0.05) is 40.4 Å². The van der Waals surface area contributed by atoms with E-state index >= 15 is 0 Å². The zero-order valence-corrected chi connectivity index (χ0v) is 12.5. The molecule has 1 atom stereocenters. The minimum atomic E-state index is 0.145. The van der Waals surface area contributed by atoms with Crippen LogP contribution in [-0.2, 0) is 13.0 Å². The molecule has 2 aromatic carbocycles. The summed E-state index contributed by atoms with van der Waals surface area (Å²) in [4.78, 5) is 2.26. The van der Waals surface area contributed by atoms with E-state index in [-0.39, 0.29) is 6.04 Å². The summed E-state index contributed by atoms with van der Waals surface area (Å²) in [6, 6.07) is 14.1. The van der Waals surface area contributed by atoms with Gasteiger partial charge in [0.15, 0.2) is 0 Å². The monoisotopic (exact) mass is 306 g/mol. The molecule has 0 bridgehead atoms. The Hall–Kier alpha value is -1.22.